The first-order valence-electron chi connectivity index (χ1n) is 6.61. The molecule has 0 saturated carbocycles. The lowest BCUT2D eigenvalue weighted by Crippen LogP contribution is -2.35. The maximum atomic E-state index is 13.1. The van der Waals surface area contributed by atoms with Crippen LogP contribution in [0.5, 0.6) is 0 Å². The number of carbonyl (C=O) groups is 1. The molecular weight excluding hydrogens is 315 g/mol. The Bertz CT molecular complexity index is 313. The second kappa shape index (κ2) is 9.48. The third-order valence-corrected chi connectivity index (χ3v) is 4.06. The molecule has 0 bridgehead atoms. The lowest BCUT2D eigenvalue weighted by molar-refractivity contribution is -0.140. The van der Waals surface area contributed by atoms with Crippen molar-refractivity contribution in [2.75, 3.05) is 12.9 Å². The van der Waals surface area contributed by atoms with Crippen LogP contribution in [-0.2, 0) is 9.53 Å². The Morgan fingerprint density at radius 3 is 2.24 bits per heavy atom. The van der Waals surface area contributed by atoms with Gasteiger partial charge in [0.2, 0.25) is 6.17 Å². The molecule has 0 aliphatic rings. The second-order valence-electron chi connectivity index (χ2n) is 5.11. The fourth-order valence-electron chi connectivity index (χ4n) is 1.65. The minimum Gasteiger partial charge on any atom is -0.468 e. The maximum absolute atomic E-state index is 13.1. The van der Waals surface area contributed by atoms with Crippen LogP contribution >= 0.6 is 11.8 Å². The SMILES string of the molecule is COC(=O)C(CC(C)C)SCCCC(F)(F)C(F)C(F)F. The number of thioether (sulfide) groups is 1. The van der Waals surface area contributed by atoms with Gasteiger partial charge in [0.25, 0.3) is 12.3 Å². The molecule has 8 heteroatoms. The molecule has 0 amide bonds. The molecule has 0 aromatic rings. The van der Waals surface area contributed by atoms with Gasteiger partial charge in [-0.2, -0.15) is 0 Å². The van der Waals surface area contributed by atoms with Gasteiger partial charge in [-0.15, -0.1) is 11.8 Å². The smallest absolute Gasteiger partial charge is 0.318 e. The first kappa shape index (κ1) is 20.5. The van der Waals surface area contributed by atoms with Crippen LogP contribution in [0.4, 0.5) is 22.0 Å². The number of carbonyl (C=O) groups excluding carboxylic acids is 1. The van der Waals surface area contributed by atoms with E-state index in [-0.39, 0.29) is 18.1 Å². The Morgan fingerprint density at radius 2 is 1.81 bits per heavy atom. The van der Waals surface area contributed by atoms with E-state index in [0.29, 0.717) is 6.42 Å². The number of hydrogen-bond acceptors (Lipinski definition) is 3. The van der Waals surface area contributed by atoms with E-state index in [9.17, 15) is 26.7 Å². The van der Waals surface area contributed by atoms with E-state index >= 15 is 0 Å². The third kappa shape index (κ3) is 7.87. The van der Waals surface area contributed by atoms with Crippen molar-refractivity contribution in [2.24, 2.45) is 5.92 Å². The number of methoxy groups -OCH3 is 1. The molecule has 0 aromatic carbocycles. The van der Waals surface area contributed by atoms with Crippen molar-refractivity contribution in [3.8, 4) is 0 Å². The summed E-state index contributed by atoms with van der Waals surface area (Å²) < 4.78 is 67.3. The van der Waals surface area contributed by atoms with Gasteiger partial charge in [-0.3, -0.25) is 4.79 Å². The summed E-state index contributed by atoms with van der Waals surface area (Å²) in [5, 5.41) is -0.486. The van der Waals surface area contributed by atoms with Crippen LogP contribution in [0.1, 0.15) is 33.1 Å². The fourth-order valence-corrected chi connectivity index (χ4v) is 3.00. The Hall–Kier alpha value is -0.530. The highest BCUT2D eigenvalue weighted by atomic mass is 32.2. The van der Waals surface area contributed by atoms with Crippen LogP contribution in [0.3, 0.4) is 0 Å². The quantitative estimate of drug-likeness (QED) is 0.337. The Morgan fingerprint density at radius 1 is 1.24 bits per heavy atom. The van der Waals surface area contributed by atoms with Gasteiger partial charge in [-0.1, -0.05) is 13.8 Å². The summed E-state index contributed by atoms with van der Waals surface area (Å²) >= 11 is 1.13. The molecule has 0 aromatic heterocycles. The van der Waals surface area contributed by atoms with Crippen molar-refractivity contribution in [1.29, 1.82) is 0 Å². The molecule has 0 radical (unpaired) electrons. The van der Waals surface area contributed by atoms with Crippen LogP contribution < -0.4 is 0 Å². The summed E-state index contributed by atoms with van der Waals surface area (Å²) in [7, 11) is 1.24. The second-order valence-corrected chi connectivity index (χ2v) is 6.42. The van der Waals surface area contributed by atoms with E-state index in [1.807, 2.05) is 13.8 Å². The molecule has 0 fully saturated rings. The molecule has 0 heterocycles. The molecule has 2 atom stereocenters. The van der Waals surface area contributed by atoms with Crippen molar-refractivity contribution < 1.29 is 31.5 Å². The van der Waals surface area contributed by atoms with Crippen LogP contribution in [0.15, 0.2) is 0 Å². The molecule has 21 heavy (non-hydrogen) atoms. The van der Waals surface area contributed by atoms with Gasteiger partial charge in [0.1, 0.15) is 5.25 Å². The van der Waals surface area contributed by atoms with Gasteiger partial charge in [-0.25, -0.2) is 22.0 Å². The zero-order valence-corrected chi connectivity index (χ0v) is 13.1. The number of rotatable bonds is 10. The van der Waals surface area contributed by atoms with Gasteiger partial charge >= 0.3 is 5.97 Å². The normalized spacial score (nSPS) is 15.3. The molecule has 0 N–H and O–H groups in total. The van der Waals surface area contributed by atoms with Crippen molar-refractivity contribution >= 4 is 17.7 Å². The number of hydrogen-bond donors (Lipinski definition) is 0. The minimum atomic E-state index is -4.05. The fraction of sp³-hybridized carbons (Fsp3) is 0.923. The zero-order valence-electron chi connectivity index (χ0n) is 12.3. The zero-order chi connectivity index (χ0) is 16.6. The third-order valence-electron chi connectivity index (χ3n) is 2.75. The lowest BCUT2D eigenvalue weighted by atomic mass is 10.1. The predicted octanol–water partition coefficient (Wildman–Crippen LogP) is 4.33. The van der Waals surface area contributed by atoms with Crippen molar-refractivity contribution in [2.45, 2.75) is 56.9 Å². The highest BCUT2D eigenvalue weighted by molar-refractivity contribution is 8.00. The topological polar surface area (TPSA) is 26.3 Å². The minimum absolute atomic E-state index is 0.151. The van der Waals surface area contributed by atoms with Crippen LogP contribution in [0, 0.1) is 5.92 Å². The van der Waals surface area contributed by atoms with Crippen LogP contribution in [-0.4, -0.2) is 42.6 Å². The monoisotopic (exact) mass is 336 g/mol. The van der Waals surface area contributed by atoms with E-state index < -0.39 is 36.2 Å². The molecule has 0 rings (SSSR count). The van der Waals surface area contributed by atoms with E-state index in [0.717, 1.165) is 11.8 Å². The summed E-state index contributed by atoms with van der Waals surface area (Å²) in [4.78, 5) is 11.5. The average molecular weight is 336 g/mol. The van der Waals surface area contributed by atoms with Gasteiger partial charge in [0.05, 0.1) is 7.11 Å². The number of ether oxygens (including phenoxy) is 1. The van der Waals surface area contributed by atoms with Gasteiger partial charge in [-0.05, 0) is 24.5 Å². The van der Waals surface area contributed by atoms with Gasteiger partial charge in [0, 0.05) is 6.42 Å². The van der Waals surface area contributed by atoms with E-state index in [4.69, 9.17) is 0 Å². The van der Waals surface area contributed by atoms with Crippen LogP contribution in [0.25, 0.3) is 0 Å². The molecule has 2 unspecified atom stereocenters. The van der Waals surface area contributed by atoms with E-state index in [1.54, 1.807) is 0 Å². The van der Waals surface area contributed by atoms with E-state index in [2.05, 4.69) is 4.74 Å². The Kier molecular flexibility index (Phi) is 9.24. The Balaban J connectivity index is 4.24. The average Bonchev–Trinajstić information content (AvgIpc) is 2.39. The first-order chi connectivity index (χ1) is 9.61. The molecule has 0 saturated heterocycles. The molecule has 126 valence electrons. The Labute approximate surface area is 125 Å². The number of halogens is 5. The summed E-state index contributed by atoms with van der Waals surface area (Å²) in [5.41, 5.74) is 0. The lowest BCUT2D eigenvalue weighted by Gasteiger charge is -2.20. The first-order valence-corrected chi connectivity index (χ1v) is 7.66. The highest BCUT2D eigenvalue weighted by Gasteiger charge is 2.45. The summed E-state index contributed by atoms with van der Waals surface area (Å²) in [6.07, 6.45) is -7.75. The van der Waals surface area contributed by atoms with Crippen molar-refractivity contribution in [3.05, 3.63) is 0 Å². The molecule has 2 nitrogen and oxygen atoms in total. The predicted molar refractivity (Wildman–Crippen MR) is 72.8 cm³/mol. The standard InChI is InChI=1S/C13H21F5O2S/c1-8(2)7-9(12(19)20-3)21-6-4-5-13(17,18)10(14)11(15)16/h8-11H,4-7H2,1-3H3. The highest BCUT2D eigenvalue weighted by Crippen LogP contribution is 2.32. The van der Waals surface area contributed by atoms with Crippen molar-refractivity contribution in [1.82, 2.24) is 0 Å². The molecule has 0 spiro atoms. The van der Waals surface area contributed by atoms with Gasteiger partial charge < -0.3 is 4.74 Å². The summed E-state index contributed by atoms with van der Waals surface area (Å²) in [5.74, 6) is -4.13. The largest absolute Gasteiger partial charge is 0.468 e. The molecular formula is C13H21F5O2S. The molecule has 0 aliphatic heterocycles. The molecule has 0 aliphatic carbocycles. The summed E-state index contributed by atoms with van der Waals surface area (Å²) in [6.45, 7) is 3.81. The summed E-state index contributed by atoms with van der Waals surface area (Å²) in [6, 6.07) is 0. The van der Waals surface area contributed by atoms with Crippen LogP contribution in [0.2, 0.25) is 0 Å². The number of esters is 1. The van der Waals surface area contributed by atoms with Crippen molar-refractivity contribution in [3.63, 3.8) is 0 Å². The van der Waals surface area contributed by atoms with E-state index in [1.165, 1.54) is 7.11 Å². The number of alkyl halides is 5. The van der Waals surface area contributed by atoms with Gasteiger partial charge in [0.15, 0.2) is 0 Å². The maximum Gasteiger partial charge on any atom is 0.318 e.